The van der Waals surface area contributed by atoms with Crippen LogP contribution in [0.5, 0.6) is 0 Å². The standard InChI is InChI=1S/C14H12Cl2N2O4S2/c1-3-22-14(21)9-5(2)8(11(17)19)13(24-9)18-12(20)6-4-7(15)23-10(6)16/h4H,3H2,1-2H3,(H2,17,19)(H,18,20). The summed E-state index contributed by atoms with van der Waals surface area (Å²) in [5.41, 5.74) is 5.96. The van der Waals surface area contributed by atoms with Crippen LogP contribution in [0.1, 0.15) is 42.9 Å². The third-order valence-corrected chi connectivity index (χ3v) is 5.66. The third kappa shape index (κ3) is 3.72. The van der Waals surface area contributed by atoms with Gasteiger partial charge in [-0.25, -0.2) is 4.79 Å². The van der Waals surface area contributed by atoms with Gasteiger partial charge in [-0.2, -0.15) is 0 Å². The van der Waals surface area contributed by atoms with Gasteiger partial charge >= 0.3 is 5.97 Å². The minimum absolute atomic E-state index is 0.0638. The first-order chi connectivity index (χ1) is 11.3. The Kier molecular flexibility index (Phi) is 5.87. The number of esters is 1. The van der Waals surface area contributed by atoms with Crippen LogP contribution >= 0.6 is 45.9 Å². The van der Waals surface area contributed by atoms with Gasteiger partial charge in [0.25, 0.3) is 11.8 Å². The van der Waals surface area contributed by atoms with Gasteiger partial charge in [-0.3, -0.25) is 9.59 Å². The molecule has 24 heavy (non-hydrogen) atoms. The molecule has 0 bridgehead atoms. The number of carbonyl (C=O) groups is 3. The van der Waals surface area contributed by atoms with Crippen molar-refractivity contribution in [2.45, 2.75) is 13.8 Å². The maximum Gasteiger partial charge on any atom is 0.348 e. The maximum absolute atomic E-state index is 12.3. The minimum Gasteiger partial charge on any atom is -0.462 e. The number of ether oxygens (including phenoxy) is 1. The molecule has 6 nitrogen and oxygen atoms in total. The molecule has 0 atom stereocenters. The first-order valence-electron chi connectivity index (χ1n) is 6.62. The third-order valence-electron chi connectivity index (χ3n) is 2.98. The number of nitrogens with one attached hydrogen (secondary N) is 1. The van der Waals surface area contributed by atoms with E-state index in [1.54, 1.807) is 13.8 Å². The Hall–Kier alpha value is -1.61. The van der Waals surface area contributed by atoms with E-state index in [0.29, 0.717) is 9.90 Å². The zero-order valence-electron chi connectivity index (χ0n) is 12.6. The van der Waals surface area contributed by atoms with Crippen molar-refractivity contribution in [3.8, 4) is 0 Å². The number of nitrogens with two attached hydrogens (primary N) is 1. The van der Waals surface area contributed by atoms with Crippen LogP contribution in [-0.4, -0.2) is 24.4 Å². The topological polar surface area (TPSA) is 98.5 Å². The molecule has 0 aromatic carbocycles. The molecule has 10 heteroatoms. The summed E-state index contributed by atoms with van der Waals surface area (Å²) >= 11 is 13.7. The number of anilines is 1. The van der Waals surface area contributed by atoms with E-state index in [4.69, 9.17) is 33.7 Å². The first-order valence-corrected chi connectivity index (χ1v) is 9.01. The fraction of sp³-hybridized carbons (Fsp3) is 0.214. The Balaban J connectivity index is 2.40. The second-order valence-electron chi connectivity index (χ2n) is 4.54. The summed E-state index contributed by atoms with van der Waals surface area (Å²) in [4.78, 5) is 36.2. The van der Waals surface area contributed by atoms with E-state index >= 15 is 0 Å². The first kappa shape index (κ1) is 18.7. The van der Waals surface area contributed by atoms with Crippen LogP contribution in [0.15, 0.2) is 6.07 Å². The Bertz CT molecular complexity index is 829. The zero-order valence-corrected chi connectivity index (χ0v) is 15.7. The largest absolute Gasteiger partial charge is 0.462 e. The van der Waals surface area contributed by atoms with E-state index in [1.807, 2.05) is 0 Å². The highest BCUT2D eigenvalue weighted by Gasteiger charge is 2.26. The number of halogens is 2. The van der Waals surface area contributed by atoms with E-state index in [9.17, 15) is 14.4 Å². The average Bonchev–Trinajstić information content (AvgIpc) is 2.98. The van der Waals surface area contributed by atoms with Crippen molar-refractivity contribution in [1.29, 1.82) is 0 Å². The lowest BCUT2D eigenvalue weighted by molar-refractivity contribution is 0.0531. The summed E-state index contributed by atoms with van der Waals surface area (Å²) < 4.78 is 5.51. The van der Waals surface area contributed by atoms with Gasteiger partial charge in [0.15, 0.2) is 0 Å². The van der Waals surface area contributed by atoms with Crippen LogP contribution in [0.2, 0.25) is 8.67 Å². The van der Waals surface area contributed by atoms with Crippen molar-refractivity contribution < 1.29 is 19.1 Å². The Morgan fingerprint density at radius 2 is 1.96 bits per heavy atom. The smallest absolute Gasteiger partial charge is 0.348 e. The molecule has 0 aliphatic rings. The molecule has 3 N–H and O–H groups in total. The van der Waals surface area contributed by atoms with Gasteiger partial charge in [0, 0.05) is 0 Å². The Labute approximate surface area is 155 Å². The van der Waals surface area contributed by atoms with Gasteiger partial charge < -0.3 is 15.8 Å². The molecule has 0 saturated carbocycles. The molecule has 128 valence electrons. The number of thiophene rings is 2. The predicted octanol–water partition coefficient (Wildman–Crippen LogP) is 3.95. The second kappa shape index (κ2) is 7.52. The van der Waals surface area contributed by atoms with Gasteiger partial charge in [0.2, 0.25) is 0 Å². The quantitative estimate of drug-likeness (QED) is 0.734. The second-order valence-corrected chi connectivity index (χ2v) is 7.84. The molecule has 0 aliphatic heterocycles. The maximum atomic E-state index is 12.3. The summed E-state index contributed by atoms with van der Waals surface area (Å²) in [6, 6.07) is 1.42. The molecule has 0 aliphatic carbocycles. The number of primary amides is 1. The highest BCUT2D eigenvalue weighted by Crippen LogP contribution is 2.35. The molecule has 0 spiro atoms. The molecule has 2 aromatic rings. The van der Waals surface area contributed by atoms with E-state index in [0.717, 1.165) is 22.7 Å². The monoisotopic (exact) mass is 406 g/mol. The molecular formula is C14H12Cl2N2O4S2. The highest BCUT2D eigenvalue weighted by atomic mass is 35.5. The zero-order chi connectivity index (χ0) is 18.0. The number of hydrogen-bond donors (Lipinski definition) is 2. The van der Waals surface area contributed by atoms with Crippen LogP contribution < -0.4 is 11.1 Å². The molecule has 0 fully saturated rings. The fourth-order valence-corrected chi connectivity index (χ4v) is 4.51. The lowest BCUT2D eigenvalue weighted by atomic mass is 10.1. The lowest BCUT2D eigenvalue weighted by Gasteiger charge is -2.04. The van der Waals surface area contributed by atoms with Crippen LogP contribution in [-0.2, 0) is 4.74 Å². The van der Waals surface area contributed by atoms with Gasteiger partial charge in [0.05, 0.1) is 22.1 Å². The van der Waals surface area contributed by atoms with E-state index < -0.39 is 17.8 Å². The van der Waals surface area contributed by atoms with Crippen LogP contribution in [0.3, 0.4) is 0 Å². The molecule has 2 heterocycles. The van der Waals surface area contributed by atoms with Crippen molar-refractivity contribution in [1.82, 2.24) is 0 Å². The highest BCUT2D eigenvalue weighted by molar-refractivity contribution is 7.20. The Morgan fingerprint density at radius 1 is 1.29 bits per heavy atom. The molecule has 0 unspecified atom stereocenters. The minimum atomic E-state index is -0.760. The van der Waals surface area contributed by atoms with Gasteiger partial charge in [0.1, 0.15) is 14.2 Å². The summed E-state index contributed by atoms with van der Waals surface area (Å²) in [6.07, 6.45) is 0. The summed E-state index contributed by atoms with van der Waals surface area (Å²) in [7, 11) is 0. The van der Waals surface area contributed by atoms with E-state index in [2.05, 4.69) is 5.32 Å². The summed E-state index contributed by atoms with van der Waals surface area (Å²) in [5, 5.41) is 2.71. The molecule has 0 radical (unpaired) electrons. The average molecular weight is 407 g/mol. The Morgan fingerprint density at radius 3 is 2.46 bits per heavy atom. The molecule has 2 aromatic heterocycles. The lowest BCUT2D eigenvalue weighted by Crippen LogP contribution is -2.17. The van der Waals surface area contributed by atoms with Crippen molar-refractivity contribution in [3.63, 3.8) is 0 Å². The fourth-order valence-electron chi connectivity index (χ4n) is 1.96. The molecular weight excluding hydrogens is 395 g/mol. The number of hydrogen-bond acceptors (Lipinski definition) is 6. The van der Waals surface area contributed by atoms with Crippen LogP contribution in [0.4, 0.5) is 5.00 Å². The van der Waals surface area contributed by atoms with Crippen LogP contribution in [0, 0.1) is 6.92 Å². The van der Waals surface area contributed by atoms with Crippen LogP contribution in [0.25, 0.3) is 0 Å². The van der Waals surface area contributed by atoms with E-state index in [-0.39, 0.29) is 31.9 Å². The summed E-state index contributed by atoms with van der Waals surface area (Å²) in [6.45, 7) is 3.42. The molecule has 2 rings (SSSR count). The molecule has 0 saturated heterocycles. The number of amides is 2. The van der Waals surface area contributed by atoms with E-state index in [1.165, 1.54) is 6.07 Å². The molecule has 2 amide bonds. The van der Waals surface area contributed by atoms with Gasteiger partial charge in [-0.1, -0.05) is 23.2 Å². The van der Waals surface area contributed by atoms with Gasteiger partial charge in [-0.05, 0) is 25.5 Å². The van der Waals surface area contributed by atoms with Crippen molar-refractivity contribution >= 4 is 68.7 Å². The number of carbonyl (C=O) groups excluding carboxylic acids is 3. The van der Waals surface area contributed by atoms with Gasteiger partial charge in [-0.15, -0.1) is 22.7 Å². The van der Waals surface area contributed by atoms with Crippen molar-refractivity contribution in [2.75, 3.05) is 11.9 Å². The normalized spacial score (nSPS) is 10.5. The predicted molar refractivity (Wildman–Crippen MR) is 95.8 cm³/mol. The number of rotatable bonds is 5. The van der Waals surface area contributed by atoms with Crippen molar-refractivity contribution in [3.05, 3.63) is 36.3 Å². The summed E-state index contributed by atoms with van der Waals surface area (Å²) in [5.74, 6) is -1.90. The van der Waals surface area contributed by atoms with Crippen molar-refractivity contribution in [2.24, 2.45) is 5.73 Å². The SMILES string of the molecule is CCOC(=O)c1sc(NC(=O)c2cc(Cl)sc2Cl)c(C(N)=O)c1C.